The van der Waals surface area contributed by atoms with Crippen molar-refractivity contribution in [2.45, 2.75) is 25.9 Å². The SMILES string of the molecule is CN1CCC(C(=O)N2CC=C(c3ccc(NC(=O)N4Cc5ccccc5C4)nc3)CC2)C1. The van der Waals surface area contributed by atoms with Gasteiger partial charge in [-0.15, -0.1) is 0 Å². The molecule has 2 aromatic rings. The first-order valence-corrected chi connectivity index (χ1v) is 11.3. The standard InChI is InChI=1S/C25H29N5O2/c1-28-11-8-22(15-28)24(31)29-12-9-18(10-13-29)19-6-7-23(26-14-19)27-25(32)30-16-20-4-2-3-5-21(20)17-30/h2-7,9,14,22H,8,10-13,15-17H2,1H3,(H,26,27,32). The molecule has 1 saturated heterocycles. The number of carbonyl (C=O) groups excluding carboxylic acids is 2. The number of amides is 3. The number of fused-ring (bicyclic) bond motifs is 1. The van der Waals surface area contributed by atoms with Crippen molar-refractivity contribution >= 4 is 23.3 Å². The minimum absolute atomic E-state index is 0.134. The Morgan fingerprint density at radius 2 is 1.81 bits per heavy atom. The lowest BCUT2D eigenvalue weighted by Gasteiger charge is -2.29. The van der Waals surface area contributed by atoms with Crippen LogP contribution < -0.4 is 5.32 Å². The van der Waals surface area contributed by atoms with Gasteiger partial charge in [0.25, 0.3) is 0 Å². The summed E-state index contributed by atoms with van der Waals surface area (Å²) >= 11 is 0. The van der Waals surface area contributed by atoms with Gasteiger partial charge in [0, 0.05) is 38.9 Å². The number of rotatable bonds is 3. The Kier molecular flexibility index (Phi) is 5.66. The minimum Gasteiger partial charge on any atom is -0.338 e. The normalized spacial score (nSPS) is 20.8. The highest BCUT2D eigenvalue weighted by molar-refractivity contribution is 5.89. The first-order valence-electron chi connectivity index (χ1n) is 11.3. The van der Waals surface area contributed by atoms with Gasteiger partial charge >= 0.3 is 6.03 Å². The number of anilines is 1. The summed E-state index contributed by atoms with van der Waals surface area (Å²) in [6.45, 7) is 4.52. The molecule has 3 aliphatic rings. The lowest BCUT2D eigenvalue weighted by Crippen LogP contribution is -2.39. The van der Waals surface area contributed by atoms with Crippen LogP contribution in [0.25, 0.3) is 5.57 Å². The average molecular weight is 432 g/mol. The number of hydrogen-bond acceptors (Lipinski definition) is 4. The van der Waals surface area contributed by atoms with Crippen LogP contribution >= 0.6 is 0 Å². The molecule has 1 N–H and O–H groups in total. The van der Waals surface area contributed by atoms with Gasteiger partial charge in [-0.1, -0.05) is 30.3 Å². The van der Waals surface area contributed by atoms with Gasteiger partial charge in [0.05, 0.1) is 5.92 Å². The Morgan fingerprint density at radius 3 is 2.41 bits per heavy atom. The highest BCUT2D eigenvalue weighted by atomic mass is 16.2. The van der Waals surface area contributed by atoms with Gasteiger partial charge in [-0.05, 0) is 60.8 Å². The summed E-state index contributed by atoms with van der Waals surface area (Å²) in [6, 6.07) is 11.8. The van der Waals surface area contributed by atoms with E-state index >= 15 is 0 Å². The quantitative estimate of drug-likeness (QED) is 0.810. The van der Waals surface area contributed by atoms with E-state index in [0.717, 1.165) is 38.0 Å². The van der Waals surface area contributed by atoms with Gasteiger partial charge in [-0.3, -0.25) is 10.1 Å². The number of urea groups is 1. The number of carbonyl (C=O) groups is 2. The van der Waals surface area contributed by atoms with Crippen LogP contribution in [-0.2, 0) is 17.9 Å². The molecule has 3 amide bonds. The van der Waals surface area contributed by atoms with Gasteiger partial charge in [-0.2, -0.15) is 0 Å². The monoisotopic (exact) mass is 431 g/mol. The van der Waals surface area contributed by atoms with Gasteiger partial charge < -0.3 is 14.7 Å². The van der Waals surface area contributed by atoms with Crippen LogP contribution in [0, 0.1) is 5.92 Å². The fourth-order valence-electron chi connectivity index (χ4n) is 4.85. The second-order valence-corrected chi connectivity index (χ2v) is 9.00. The molecule has 7 heteroatoms. The van der Waals surface area contributed by atoms with E-state index in [1.54, 1.807) is 4.90 Å². The molecule has 1 atom stereocenters. The molecule has 1 fully saturated rings. The predicted molar refractivity (Wildman–Crippen MR) is 124 cm³/mol. The molecular weight excluding hydrogens is 402 g/mol. The molecule has 5 rings (SSSR count). The zero-order chi connectivity index (χ0) is 22.1. The lowest BCUT2D eigenvalue weighted by molar-refractivity contribution is -0.134. The molecular formula is C25H29N5O2. The van der Waals surface area contributed by atoms with E-state index in [1.807, 2.05) is 35.4 Å². The van der Waals surface area contributed by atoms with Crippen LogP contribution in [0.4, 0.5) is 10.6 Å². The van der Waals surface area contributed by atoms with E-state index in [2.05, 4.69) is 40.5 Å². The average Bonchev–Trinajstić information content (AvgIpc) is 3.45. The summed E-state index contributed by atoms with van der Waals surface area (Å²) < 4.78 is 0. The third-order valence-corrected chi connectivity index (χ3v) is 6.76. The largest absolute Gasteiger partial charge is 0.338 e. The van der Waals surface area contributed by atoms with Crippen LogP contribution in [0.1, 0.15) is 29.5 Å². The first kappa shape index (κ1) is 20.7. The Bertz CT molecular complexity index is 1020. The van der Waals surface area contributed by atoms with Crippen molar-refractivity contribution in [2.75, 3.05) is 38.5 Å². The van der Waals surface area contributed by atoms with E-state index < -0.39 is 0 Å². The number of benzene rings is 1. The van der Waals surface area contributed by atoms with E-state index in [1.165, 1.54) is 16.7 Å². The van der Waals surface area contributed by atoms with Gasteiger partial charge in [0.2, 0.25) is 5.91 Å². The molecule has 4 heterocycles. The molecule has 0 saturated carbocycles. The number of likely N-dealkylation sites (tertiary alicyclic amines) is 1. The minimum atomic E-state index is -0.134. The number of hydrogen-bond donors (Lipinski definition) is 1. The van der Waals surface area contributed by atoms with E-state index in [4.69, 9.17) is 0 Å². The molecule has 0 bridgehead atoms. The zero-order valence-corrected chi connectivity index (χ0v) is 18.5. The van der Waals surface area contributed by atoms with Crippen LogP contribution in [0.15, 0.2) is 48.7 Å². The van der Waals surface area contributed by atoms with Crippen molar-refractivity contribution in [2.24, 2.45) is 5.92 Å². The molecule has 7 nitrogen and oxygen atoms in total. The summed E-state index contributed by atoms with van der Waals surface area (Å²) in [5.41, 5.74) is 4.65. The molecule has 0 radical (unpaired) electrons. The topological polar surface area (TPSA) is 68.8 Å². The maximum absolute atomic E-state index is 12.7. The second kappa shape index (κ2) is 8.74. The van der Waals surface area contributed by atoms with Crippen LogP contribution in [0.2, 0.25) is 0 Å². The Labute approximate surface area is 188 Å². The molecule has 0 spiro atoms. The molecule has 3 aliphatic heterocycles. The molecule has 166 valence electrons. The van der Waals surface area contributed by atoms with E-state index in [9.17, 15) is 9.59 Å². The molecule has 1 unspecified atom stereocenters. The fraction of sp³-hybridized carbons (Fsp3) is 0.400. The summed E-state index contributed by atoms with van der Waals surface area (Å²) in [5, 5.41) is 2.91. The molecule has 32 heavy (non-hydrogen) atoms. The van der Waals surface area contributed by atoms with Gasteiger partial charge in [-0.25, -0.2) is 9.78 Å². The summed E-state index contributed by atoms with van der Waals surface area (Å²) in [7, 11) is 2.07. The highest BCUT2D eigenvalue weighted by Gasteiger charge is 2.30. The smallest absolute Gasteiger partial charge is 0.323 e. The van der Waals surface area contributed by atoms with Gasteiger partial charge in [0.15, 0.2) is 0 Å². The number of nitrogens with zero attached hydrogens (tertiary/aromatic N) is 4. The summed E-state index contributed by atoms with van der Waals surface area (Å²) in [6.07, 6.45) is 5.73. The van der Waals surface area contributed by atoms with Crippen molar-refractivity contribution in [3.8, 4) is 0 Å². The van der Waals surface area contributed by atoms with Crippen molar-refractivity contribution in [3.63, 3.8) is 0 Å². The number of nitrogens with one attached hydrogen (secondary N) is 1. The van der Waals surface area contributed by atoms with Crippen molar-refractivity contribution in [1.82, 2.24) is 19.7 Å². The maximum atomic E-state index is 12.7. The highest BCUT2D eigenvalue weighted by Crippen LogP contribution is 2.26. The van der Waals surface area contributed by atoms with Gasteiger partial charge in [0.1, 0.15) is 5.82 Å². The van der Waals surface area contributed by atoms with Crippen molar-refractivity contribution in [3.05, 3.63) is 65.4 Å². The predicted octanol–water partition coefficient (Wildman–Crippen LogP) is 3.20. The molecule has 1 aromatic carbocycles. The second-order valence-electron chi connectivity index (χ2n) is 9.00. The first-order chi connectivity index (χ1) is 15.6. The van der Waals surface area contributed by atoms with Crippen molar-refractivity contribution in [1.29, 1.82) is 0 Å². The van der Waals surface area contributed by atoms with E-state index in [0.29, 0.717) is 25.5 Å². The fourth-order valence-corrected chi connectivity index (χ4v) is 4.85. The van der Waals surface area contributed by atoms with Crippen LogP contribution in [0.5, 0.6) is 0 Å². The Hall–Kier alpha value is -3.19. The van der Waals surface area contributed by atoms with Crippen molar-refractivity contribution < 1.29 is 9.59 Å². The van der Waals surface area contributed by atoms with E-state index in [-0.39, 0.29) is 17.9 Å². The lowest BCUT2D eigenvalue weighted by atomic mass is 9.99. The molecule has 0 aliphatic carbocycles. The summed E-state index contributed by atoms with van der Waals surface area (Å²) in [4.78, 5) is 35.8. The summed E-state index contributed by atoms with van der Waals surface area (Å²) in [5.74, 6) is 0.973. The number of pyridine rings is 1. The third-order valence-electron chi connectivity index (χ3n) is 6.76. The third kappa shape index (κ3) is 4.25. The Balaban J connectivity index is 1.16. The number of aromatic nitrogens is 1. The zero-order valence-electron chi connectivity index (χ0n) is 18.5. The van der Waals surface area contributed by atoms with Crippen LogP contribution in [-0.4, -0.2) is 64.8 Å². The Morgan fingerprint density at radius 1 is 1.03 bits per heavy atom. The maximum Gasteiger partial charge on any atom is 0.323 e. The van der Waals surface area contributed by atoms with Crippen LogP contribution in [0.3, 0.4) is 0 Å². The molecule has 1 aromatic heterocycles.